The van der Waals surface area contributed by atoms with Gasteiger partial charge in [-0.3, -0.25) is 10.1 Å². The van der Waals surface area contributed by atoms with E-state index in [2.05, 4.69) is 0 Å². The summed E-state index contributed by atoms with van der Waals surface area (Å²) in [5.41, 5.74) is 1.54. The highest BCUT2D eigenvalue weighted by atomic mass is 35.5. The maximum Gasteiger partial charge on any atom is 0.311 e. The Hall–Kier alpha value is -1.62. The Morgan fingerprint density at radius 3 is 3.00 bits per heavy atom. The highest BCUT2D eigenvalue weighted by Crippen LogP contribution is 2.40. The third-order valence-corrected chi connectivity index (χ3v) is 3.59. The fourth-order valence-corrected chi connectivity index (χ4v) is 2.46. The molecule has 1 aliphatic rings. The highest BCUT2D eigenvalue weighted by molar-refractivity contribution is 6.20. The van der Waals surface area contributed by atoms with E-state index in [1.807, 2.05) is 6.07 Å². The zero-order valence-electron chi connectivity index (χ0n) is 10.3. The number of rotatable bonds is 6. The van der Waals surface area contributed by atoms with Gasteiger partial charge in [-0.1, -0.05) is 0 Å². The maximum absolute atomic E-state index is 11.0. The van der Waals surface area contributed by atoms with Crippen molar-refractivity contribution in [2.75, 3.05) is 6.61 Å². The van der Waals surface area contributed by atoms with Crippen molar-refractivity contribution in [2.45, 2.75) is 31.1 Å². The van der Waals surface area contributed by atoms with Crippen LogP contribution >= 0.6 is 11.6 Å². The normalized spacial score (nSPS) is 14.6. The van der Waals surface area contributed by atoms with Gasteiger partial charge in [0, 0.05) is 24.5 Å². The number of carbonyl (C=O) groups excluding carboxylic acids is 1. The molecular weight excluding hydrogens is 270 g/mol. The lowest BCUT2D eigenvalue weighted by Crippen LogP contribution is -1.97. The maximum atomic E-state index is 11.0. The first-order valence-corrected chi connectivity index (χ1v) is 6.59. The first kappa shape index (κ1) is 13.8. The molecule has 1 aliphatic heterocycles. The summed E-state index contributed by atoms with van der Waals surface area (Å²) in [4.78, 5) is 20.9. The predicted molar refractivity (Wildman–Crippen MR) is 70.8 cm³/mol. The molecule has 19 heavy (non-hydrogen) atoms. The van der Waals surface area contributed by atoms with Crippen molar-refractivity contribution in [3.63, 3.8) is 0 Å². The molecule has 6 heteroatoms. The molecule has 1 atom stereocenters. The van der Waals surface area contributed by atoms with Crippen LogP contribution in [0.2, 0.25) is 0 Å². The Labute approximate surface area is 115 Å². The number of nitrogens with zero attached hydrogens (tertiary/aromatic N) is 1. The van der Waals surface area contributed by atoms with Crippen LogP contribution in [0.3, 0.4) is 0 Å². The van der Waals surface area contributed by atoms with Gasteiger partial charge < -0.3 is 9.53 Å². The molecule has 0 aliphatic carbocycles. The minimum atomic E-state index is -0.442. The van der Waals surface area contributed by atoms with E-state index in [-0.39, 0.29) is 11.1 Å². The van der Waals surface area contributed by atoms with Crippen LogP contribution in [-0.2, 0) is 11.2 Å². The summed E-state index contributed by atoms with van der Waals surface area (Å²) >= 11 is 6.24. The molecule has 0 radical (unpaired) electrons. The van der Waals surface area contributed by atoms with Crippen LogP contribution in [0.5, 0.6) is 5.75 Å². The number of carbonyl (C=O) groups is 1. The summed E-state index contributed by atoms with van der Waals surface area (Å²) in [6, 6.07) is 3.34. The Morgan fingerprint density at radius 2 is 2.32 bits per heavy atom. The topological polar surface area (TPSA) is 69.4 Å². The van der Waals surface area contributed by atoms with Crippen molar-refractivity contribution in [3.05, 3.63) is 33.4 Å². The summed E-state index contributed by atoms with van der Waals surface area (Å²) in [5.74, 6) is 0.366. The van der Waals surface area contributed by atoms with Crippen LogP contribution in [-0.4, -0.2) is 17.8 Å². The molecule has 0 amide bonds. The molecule has 2 rings (SSSR count). The molecule has 0 bridgehead atoms. The van der Waals surface area contributed by atoms with Gasteiger partial charge in [0.25, 0.3) is 0 Å². The Morgan fingerprint density at radius 1 is 1.53 bits per heavy atom. The molecule has 0 saturated heterocycles. The van der Waals surface area contributed by atoms with Gasteiger partial charge in [-0.2, -0.15) is 0 Å². The predicted octanol–water partition coefficient (Wildman–Crippen LogP) is 3.18. The standard InChI is InChI=1S/C13H14ClNO4/c14-11(3-1-2-5-16)10-7-9-4-6-19-13(9)12(8-10)15(17)18/h5,7-8,11H,1-4,6H2. The number of benzene rings is 1. The third kappa shape index (κ3) is 3.04. The van der Waals surface area contributed by atoms with E-state index in [4.69, 9.17) is 16.3 Å². The highest BCUT2D eigenvalue weighted by Gasteiger charge is 2.26. The summed E-state index contributed by atoms with van der Waals surface area (Å²) in [5, 5.41) is 10.7. The Bertz CT molecular complexity index is 504. The van der Waals surface area contributed by atoms with Gasteiger partial charge in [0.1, 0.15) is 6.29 Å². The summed E-state index contributed by atoms with van der Waals surface area (Å²) < 4.78 is 5.29. The second-order valence-corrected chi connectivity index (χ2v) is 4.98. The van der Waals surface area contributed by atoms with Crippen molar-refractivity contribution >= 4 is 23.6 Å². The lowest BCUT2D eigenvalue weighted by Gasteiger charge is -2.10. The molecule has 1 aromatic carbocycles. The number of alkyl halides is 1. The second-order valence-electron chi connectivity index (χ2n) is 4.45. The van der Waals surface area contributed by atoms with Crippen molar-refractivity contribution in [1.29, 1.82) is 0 Å². The summed E-state index contributed by atoms with van der Waals surface area (Å²) in [6.45, 7) is 0.470. The van der Waals surface area contributed by atoms with Crippen LogP contribution in [0.15, 0.2) is 12.1 Å². The monoisotopic (exact) mass is 283 g/mol. The van der Waals surface area contributed by atoms with Crippen LogP contribution in [0.1, 0.15) is 35.8 Å². The van der Waals surface area contributed by atoms with Gasteiger partial charge in [0.05, 0.1) is 16.9 Å². The molecule has 5 nitrogen and oxygen atoms in total. The first-order valence-electron chi connectivity index (χ1n) is 6.15. The van der Waals surface area contributed by atoms with Gasteiger partial charge in [-0.05, 0) is 24.5 Å². The number of ether oxygens (including phenoxy) is 1. The minimum absolute atomic E-state index is 0.0222. The summed E-state index contributed by atoms with van der Waals surface area (Å²) in [7, 11) is 0. The number of hydrogen-bond donors (Lipinski definition) is 0. The van der Waals surface area contributed by atoms with E-state index < -0.39 is 4.92 Å². The molecule has 0 aromatic heterocycles. The van der Waals surface area contributed by atoms with Gasteiger partial charge in [-0.25, -0.2) is 0 Å². The SMILES string of the molecule is O=CCCCC(Cl)c1cc2c(c([N+](=O)[O-])c1)OCC2. The molecule has 0 N–H and O–H groups in total. The number of nitro benzene ring substituents is 1. The van der Waals surface area contributed by atoms with Gasteiger partial charge >= 0.3 is 5.69 Å². The second kappa shape index (κ2) is 6.02. The van der Waals surface area contributed by atoms with Gasteiger partial charge in [-0.15, -0.1) is 11.6 Å². The van der Waals surface area contributed by atoms with E-state index >= 15 is 0 Å². The van der Waals surface area contributed by atoms with Gasteiger partial charge in [0.15, 0.2) is 0 Å². The fraction of sp³-hybridized carbons (Fsp3) is 0.462. The number of hydrogen-bond acceptors (Lipinski definition) is 4. The van der Waals surface area contributed by atoms with Crippen LogP contribution in [0, 0.1) is 10.1 Å². The zero-order chi connectivity index (χ0) is 13.8. The van der Waals surface area contributed by atoms with Gasteiger partial charge in [0.2, 0.25) is 5.75 Å². The molecule has 1 aromatic rings. The van der Waals surface area contributed by atoms with Crippen LogP contribution in [0.25, 0.3) is 0 Å². The molecule has 1 heterocycles. The average Bonchev–Trinajstić information content (AvgIpc) is 2.85. The molecule has 0 saturated carbocycles. The van der Waals surface area contributed by atoms with E-state index in [0.29, 0.717) is 38.0 Å². The van der Waals surface area contributed by atoms with E-state index in [9.17, 15) is 14.9 Å². The molecule has 0 fully saturated rings. The lowest BCUT2D eigenvalue weighted by molar-refractivity contribution is -0.385. The van der Waals surface area contributed by atoms with Crippen molar-refractivity contribution in [2.24, 2.45) is 0 Å². The largest absolute Gasteiger partial charge is 0.486 e. The van der Waals surface area contributed by atoms with Crippen molar-refractivity contribution < 1.29 is 14.5 Å². The minimum Gasteiger partial charge on any atom is -0.486 e. The number of nitro groups is 1. The smallest absolute Gasteiger partial charge is 0.311 e. The summed E-state index contributed by atoms with van der Waals surface area (Å²) in [6.07, 6.45) is 3.28. The third-order valence-electron chi connectivity index (χ3n) is 3.12. The first-order chi connectivity index (χ1) is 9.13. The van der Waals surface area contributed by atoms with Crippen molar-refractivity contribution in [3.8, 4) is 5.75 Å². The quantitative estimate of drug-likeness (QED) is 0.264. The molecule has 102 valence electrons. The van der Waals surface area contributed by atoms with Crippen LogP contribution in [0.4, 0.5) is 5.69 Å². The van der Waals surface area contributed by atoms with Crippen LogP contribution < -0.4 is 4.74 Å². The lowest BCUT2D eigenvalue weighted by atomic mass is 10.0. The number of halogens is 1. The zero-order valence-corrected chi connectivity index (χ0v) is 11.1. The molecular formula is C13H14ClNO4. The average molecular weight is 284 g/mol. The van der Waals surface area contributed by atoms with Crippen molar-refractivity contribution in [1.82, 2.24) is 0 Å². The fourth-order valence-electron chi connectivity index (χ4n) is 2.18. The number of aldehydes is 1. The Kier molecular flexibility index (Phi) is 4.37. The van der Waals surface area contributed by atoms with E-state index in [0.717, 1.165) is 17.4 Å². The molecule has 1 unspecified atom stereocenters. The molecule has 0 spiro atoms. The number of fused-ring (bicyclic) bond motifs is 1. The number of unbranched alkanes of at least 4 members (excludes halogenated alkanes) is 1. The van der Waals surface area contributed by atoms with E-state index in [1.54, 1.807) is 0 Å². The van der Waals surface area contributed by atoms with E-state index in [1.165, 1.54) is 6.07 Å². The Balaban J connectivity index is 2.24.